The molecule has 0 aromatic carbocycles. The third-order valence-electron chi connectivity index (χ3n) is 3.67. The molecule has 0 amide bonds. The van der Waals surface area contributed by atoms with Crippen molar-refractivity contribution in [3.8, 4) is 0 Å². The van der Waals surface area contributed by atoms with Gasteiger partial charge in [0.15, 0.2) is 0 Å². The Morgan fingerprint density at radius 1 is 1.37 bits per heavy atom. The highest BCUT2D eigenvalue weighted by Crippen LogP contribution is 2.16. The molecular weight excluding hydrogens is 258 g/mol. The number of likely N-dealkylation sites (tertiary alicyclic amines) is 1. The molecule has 5 heteroatoms. The van der Waals surface area contributed by atoms with Crippen molar-refractivity contribution in [2.75, 3.05) is 26.2 Å². The Bertz CT molecular complexity index is 386. The maximum atomic E-state index is 9.45. The Hall–Kier alpha value is -0.490. The number of hydrogen-bond acceptors (Lipinski definition) is 5. The third kappa shape index (κ3) is 4.84. The Morgan fingerprint density at radius 2 is 2.11 bits per heavy atom. The van der Waals surface area contributed by atoms with Gasteiger partial charge in [0.1, 0.15) is 0 Å². The molecule has 1 aliphatic heterocycles. The number of aliphatic hydroxyl groups is 1. The fourth-order valence-electron chi connectivity index (χ4n) is 2.51. The van der Waals surface area contributed by atoms with Crippen molar-refractivity contribution in [2.24, 2.45) is 0 Å². The van der Waals surface area contributed by atoms with Gasteiger partial charge in [0, 0.05) is 24.5 Å². The Morgan fingerprint density at radius 3 is 2.74 bits per heavy atom. The lowest BCUT2D eigenvalue weighted by atomic mass is 10.1. The fraction of sp³-hybridized carbons (Fsp3) is 0.786. The number of thiazole rings is 1. The van der Waals surface area contributed by atoms with Crippen LogP contribution in [-0.2, 0) is 6.54 Å². The standard InChI is InChI=1S/C14H25N3OS/c1-11-14(19-12(2)16-11)10-15-6-3-7-17-8-4-13(18)5-9-17/h13,15,18H,3-10H2,1-2H3. The number of aromatic nitrogens is 1. The van der Waals surface area contributed by atoms with Crippen LogP contribution in [0.4, 0.5) is 0 Å². The topological polar surface area (TPSA) is 48.4 Å². The van der Waals surface area contributed by atoms with E-state index in [1.54, 1.807) is 11.3 Å². The van der Waals surface area contributed by atoms with Gasteiger partial charge < -0.3 is 15.3 Å². The van der Waals surface area contributed by atoms with Crippen molar-refractivity contribution in [3.05, 3.63) is 15.6 Å². The van der Waals surface area contributed by atoms with Crippen LogP contribution in [0.1, 0.15) is 34.8 Å². The van der Waals surface area contributed by atoms with E-state index in [1.165, 1.54) is 17.0 Å². The van der Waals surface area contributed by atoms with E-state index >= 15 is 0 Å². The average molecular weight is 283 g/mol. The van der Waals surface area contributed by atoms with E-state index in [-0.39, 0.29) is 6.10 Å². The summed E-state index contributed by atoms with van der Waals surface area (Å²) in [6, 6.07) is 0. The second-order valence-electron chi connectivity index (χ2n) is 5.34. The average Bonchev–Trinajstić information content (AvgIpc) is 2.70. The molecule has 108 valence electrons. The van der Waals surface area contributed by atoms with E-state index in [0.717, 1.165) is 50.6 Å². The SMILES string of the molecule is Cc1nc(C)c(CNCCCN2CCC(O)CC2)s1. The maximum absolute atomic E-state index is 9.45. The molecule has 1 fully saturated rings. The molecule has 2 rings (SSSR count). The highest BCUT2D eigenvalue weighted by Gasteiger charge is 2.15. The zero-order chi connectivity index (χ0) is 13.7. The molecule has 0 bridgehead atoms. The molecule has 0 atom stereocenters. The molecule has 0 radical (unpaired) electrons. The lowest BCUT2D eigenvalue weighted by Crippen LogP contribution is -2.37. The number of nitrogens with zero attached hydrogens (tertiary/aromatic N) is 2. The number of piperidine rings is 1. The van der Waals surface area contributed by atoms with Crippen LogP contribution in [0, 0.1) is 13.8 Å². The van der Waals surface area contributed by atoms with Crippen LogP contribution in [-0.4, -0.2) is 47.3 Å². The summed E-state index contributed by atoms with van der Waals surface area (Å²) in [5.74, 6) is 0. The van der Waals surface area contributed by atoms with Crippen molar-refractivity contribution in [2.45, 2.75) is 45.8 Å². The van der Waals surface area contributed by atoms with E-state index in [0.29, 0.717) is 0 Å². The van der Waals surface area contributed by atoms with Crippen LogP contribution in [0.3, 0.4) is 0 Å². The minimum absolute atomic E-state index is 0.0630. The molecule has 4 nitrogen and oxygen atoms in total. The Labute approximate surface area is 119 Å². The molecule has 1 aromatic rings. The third-order valence-corrected chi connectivity index (χ3v) is 4.74. The first kappa shape index (κ1) is 14.9. The molecule has 2 N–H and O–H groups in total. The van der Waals surface area contributed by atoms with Gasteiger partial charge in [-0.1, -0.05) is 0 Å². The van der Waals surface area contributed by atoms with Gasteiger partial charge in [0.25, 0.3) is 0 Å². The van der Waals surface area contributed by atoms with Gasteiger partial charge in [0.05, 0.1) is 16.8 Å². The fourth-order valence-corrected chi connectivity index (χ4v) is 3.42. The molecule has 2 heterocycles. The van der Waals surface area contributed by atoms with Gasteiger partial charge in [-0.15, -0.1) is 11.3 Å². The summed E-state index contributed by atoms with van der Waals surface area (Å²) in [7, 11) is 0. The lowest BCUT2D eigenvalue weighted by Gasteiger charge is -2.29. The Balaban J connectivity index is 1.56. The van der Waals surface area contributed by atoms with Crippen LogP contribution < -0.4 is 5.32 Å². The summed E-state index contributed by atoms with van der Waals surface area (Å²) in [5, 5.41) is 14.1. The van der Waals surface area contributed by atoms with Gasteiger partial charge in [0.2, 0.25) is 0 Å². The molecule has 1 aromatic heterocycles. The summed E-state index contributed by atoms with van der Waals surface area (Å²) in [6.07, 6.45) is 2.99. The highest BCUT2D eigenvalue weighted by atomic mass is 32.1. The molecule has 0 aliphatic carbocycles. The van der Waals surface area contributed by atoms with Gasteiger partial charge in [-0.25, -0.2) is 4.98 Å². The molecule has 1 saturated heterocycles. The van der Waals surface area contributed by atoms with Crippen molar-refractivity contribution >= 4 is 11.3 Å². The number of aliphatic hydroxyl groups excluding tert-OH is 1. The summed E-state index contributed by atoms with van der Waals surface area (Å²) in [5.41, 5.74) is 1.17. The van der Waals surface area contributed by atoms with Crippen molar-refractivity contribution in [1.82, 2.24) is 15.2 Å². The number of hydrogen-bond donors (Lipinski definition) is 2. The largest absolute Gasteiger partial charge is 0.393 e. The molecule has 0 unspecified atom stereocenters. The number of nitrogens with one attached hydrogen (secondary N) is 1. The van der Waals surface area contributed by atoms with Crippen molar-refractivity contribution in [3.63, 3.8) is 0 Å². The first-order valence-electron chi connectivity index (χ1n) is 7.19. The second kappa shape index (κ2) is 7.33. The minimum atomic E-state index is -0.0630. The molecular formula is C14H25N3OS. The maximum Gasteiger partial charge on any atom is 0.0900 e. The Kier molecular flexibility index (Phi) is 5.76. The van der Waals surface area contributed by atoms with E-state index in [9.17, 15) is 5.11 Å². The summed E-state index contributed by atoms with van der Waals surface area (Å²) < 4.78 is 0. The van der Waals surface area contributed by atoms with E-state index in [1.807, 2.05) is 0 Å². The van der Waals surface area contributed by atoms with E-state index < -0.39 is 0 Å². The first-order chi connectivity index (χ1) is 9.15. The monoisotopic (exact) mass is 283 g/mol. The molecule has 0 saturated carbocycles. The van der Waals surface area contributed by atoms with Crippen LogP contribution in [0.15, 0.2) is 0 Å². The van der Waals surface area contributed by atoms with Gasteiger partial charge in [-0.2, -0.15) is 0 Å². The van der Waals surface area contributed by atoms with E-state index in [2.05, 4.69) is 29.0 Å². The zero-order valence-electron chi connectivity index (χ0n) is 12.0. The molecule has 1 aliphatic rings. The van der Waals surface area contributed by atoms with E-state index in [4.69, 9.17) is 0 Å². The van der Waals surface area contributed by atoms with Crippen LogP contribution in [0.5, 0.6) is 0 Å². The van der Waals surface area contributed by atoms with Crippen molar-refractivity contribution in [1.29, 1.82) is 0 Å². The normalized spacial score (nSPS) is 18.1. The van der Waals surface area contributed by atoms with Crippen LogP contribution in [0.25, 0.3) is 0 Å². The van der Waals surface area contributed by atoms with Gasteiger partial charge >= 0.3 is 0 Å². The highest BCUT2D eigenvalue weighted by molar-refractivity contribution is 7.11. The first-order valence-corrected chi connectivity index (χ1v) is 8.01. The van der Waals surface area contributed by atoms with Crippen molar-refractivity contribution < 1.29 is 5.11 Å². The molecule has 19 heavy (non-hydrogen) atoms. The molecule has 0 spiro atoms. The van der Waals surface area contributed by atoms with Gasteiger partial charge in [-0.3, -0.25) is 0 Å². The lowest BCUT2D eigenvalue weighted by molar-refractivity contribution is 0.0821. The zero-order valence-corrected chi connectivity index (χ0v) is 12.8. The van der Waals surface area contributed by atoms with Crippen LogP contribution in [0.2, 0.25) is 0 Å². The number of aryl methyl sites for hydroxylation is 2. The second-order valence-corrected chi connectivity index (χ2v) is 6.63. The summed E-state index contributed by atoms with van der Waals surface area (Å²) in [4.78, 5) is 8.25. The quantitative estimate of drug-likeness (QED) is 0.780. The predicted octanol–water partition coefficient (Wildman–Crippen LogP) is 1.70. The predicted molar refractivity (Wildman–Crippen MR) is 79.6 cm³/mol. The minimum Gasteiger partial charge on any atom is -0.393 e. The smallest absolute Gasteiger partial charge is 0.0900 e. The number of rotatable bonds is 6. The summed E-state index contributed by atoms with van der Waals surface area (Å²) in [6.45, 7) is 9.38. The van der Waals surface area contributed by atoms with Crippen LogP contribution >= 0.6 is 11.3 Å². The van der Waals surface area contributed by atoms with Gasteiger partial charge in [-0.05, 0) is 46.2 Å². The summed E-state index contributed by atoms with van der Waals surface area (Å²) >= 11 is 1.79.